The zero-order chi connectivity index (χ0) is 16.2. The Morgan fingerprint density at radius 2 is 1.78 bits per heavy atom. The summed E-state index contributed by atoms with van der Waals surface area (Å²) in [4.78, 5) is 12.4. The van der Waals surface area contributed by atoms with Crippen molar-refractivity contribution in [3.8, 4) is 22.6 Å². The number of nitrogens with zero attached hydrogens (tertiary/aromatic N) is 1. The summed E-state index contributed by atoms with van der Waals surface area (Å²) in [5.74, 6) is -0.0866. The highest BCUT2D eigenvalue weighted by molar-refractivity contribution is 6.30. The van der Waals surface area contributed by atoms with Gasteiger partial charge >= 0.3 is 5.97 Å². The molecular weight excluding hydrogens is 314 g/mol. The van der Waals surface area contributed by atoms with E-state index < -0.39 is 5.97 Å². The largest absolute Gasteiger partial charge is 0.462 e. The minimum atomic E-state index is -0.461. The maximum atomic E-state index is 12.4. The number of halogens is 1. The Kier molecular flexibility index (Phi) is 4.44. The van der Waals surface area contributed by atoms with Crippen LogP contribution < -0.4 is 0 Å². The van der Waals surface area contributed by atoms with E-state index in [-0.39, 0.29) is 6.61 Å². The maximum Gasteiger partial charge on any atom is 0.344 e. The molecular formula is C18H14ClNO3. The molecule has 0 bridgehead atoms. The summed E-state index contributed by atoms with van der Waals surface area (Å²) >= 11 is 5.91. The summed E-state index contributed by atoms with van der Waals surface area (Å²) in [6, 6.07) is 16.4. The van der Waals surface area contributed by atoms with Gasteiger partial charge in [-0.1, -0.05) is 47.1 Å². The summed E-state index contributed by atoms with van der Waals surface area (Å²) in [7, 11) is 0. The van der Waals surface area contributed by atoms with Crippen LogP contribution in [0, 0.1) is 0 Å². The molecule has 0 spiro atoms. The number of hydrogen-bond acceptors (Lipinski definition) is 4. The van der Waals surface area contributed by atoms with Gasteiger partial charge in [-0.2, -0.15) is 0 Å². The molecule has 0 radical (unpaired) electrons. The van der Waals surface area contributed by atoms with Crippen molar-refractivity contribution in [1.29, 1.82) is 0 Å². The highest BCUT2D eigenvalue weighted by Crippen LogP contribution is 2.33. The van der Waals surface area contributed by atoms with Gasteiger partial charge in [0.05, 0.1) is 6.61 Å². The standard InChI is InChI=1S/C18H14ClNO3/c1-2-22-18(21)15-16(12-6-4-3-5-7-12)20-23-17(15)13-8-10-14(19)11-9-13/h3-11H,2H2,1H3. The van der Waals surface area contributed by atoms with E-state index in [1.165, 1.54) is 0 Å². The van der Waals surface area contributed by atoms with Crippen molar-refractivity contribution in [3.63, 3.8) is 0 Å². The number of hydrogen-bond donors (Lipinski definition) is 0. The van der Waals surface area contributed by atoms with E-state index in [9.17, 15) is 4.79 Å². The number of carbonyl (C=O) groups is 1. The molecule has 0 amide bonds. The normalized spacial score (nSPS) is 10.5. The molecule has 1 heterocycles. The molecule has 0 unspecified atom stereocenters. The third kappa shape index (κ3) is 3.12. The number of ether oxygens (including phenoxy) is 1. The Bertz CT molecular complexity index is 810. The van der Waals surface area contributed by atoms with Gasteiger partial charge in [-0.15, -0.1) is 0 Å². The lowest BCUT2D eigenvalue weighted by Crippen LogP contribution is -2.06. The molecule has 116 valence electrons. The van der Waals surface area contributed by atoms with Crippen LogP contribution in [0.3, 0.4) is 0 Å². The van der Waals surface area contributed by atoms with Crippen molar-refractivity contribution >= 4 is 17.6 Å². The lowest BCUT2D eigenvalue weighted by atomic mass is 10.0. The molecule has 3 aromatic rings. The van der Waals surface area contributed by atoms with Gasteiger partial charge < -0.3 is 9.26 Å². The van der Waals surface area contributed by atoms with Gasteiger partial charge in [-0.3, -0.25) is 0 Å². The minimum absolute atomic E-state index is 0.276. The first-order valence-electron chi connectivity index (χ1n) is 7.19. The molecule has 4 nitrogen and oxygen atoms in total. The summed E-state index contributed by atoms with van der Waals surface area (Å²) in [6.45, 7) is 2.04. The number of rotatable bonds is 4. The zero-order valence-electron chi connectivity index (χ0n) is 12.5. The minimum Gasteiger partial charge on any atom is -0.462 e. The zero-order valence-corrected chi connectivity index (χ0v) is 13.2. The third-order valence-corrected chi connectivity index (χ3v) is 3.58. The fourth-order valence-electron chi connectivity index (χ4n) is 2.27. The van der Waals surface area contributed by atoms with Crippen molar-refractivity contribution < 1.29 is 14.1 Å². The first kappa shape index (κ1) is 15.3. The Labute approximate surface area is 138 Å². The van der Waals surface area contributed by atoms with Gasteiger partial charge in [0.1, 0.15) is 11.3 Å². The highest BCUT2D eigenvalue weighted by Gasteiger charge is 2.26. The fourth-order valence-corrected chi connectivity index (χ4v) is 2.40. The molecule has 0 N–H and O–H groups in total. The second-order valence-electron chi connectivity index (χ2n) is 4.83. The topological polar surface area (TPSA) is 52.3 Å². The van der Waals surface area contributed by atoms with Crippen molar-refractivity contribution in [2.24, 2.45) is 0 Å². The SMILES string of the molecule is CCOC(=O)c1c(-c2ccccc2)noc1-c1ccc(Cl)cc1. The van der Waals surface area contributed by atoms with Gasteiger partial charge in [0, 0.05) is 16.1 Å². The maximum absolute atomic E-state index is 12.4. The molecule has 5 heteroatoms. The molecule has 0 fully saturated rings. The van der Waals surface area contributed by atoms with Crippen molar-refractivity contribution in [3.05, 3.63) is 65.2 Å². The van der Waals surface area contributed by atoms with Gasteiger partial charge in [0.2, 0.25) is 0 Å². The van der Waals surface area contributed by atoms with E-state index in [4.69, 9.17) is 20.9 Å². The van der Waals surface area contributed by atoms with Crippen LogP contribution in [0.2, 0.25) is 5.02 Å². The molecule has 2 aromatic carbocycles. The molecule has 3 rings (SSSR count). The lowest BCUT2D eigenvalue weighted by Gasteiger charge is -2.04. The molecule has 0 aliphatic rings. The average Bonchev–Trinajstić information content (AvgIpc) is 3.01. The first-order valence-corrected chi connectivity index (χ1v) is 7.56. The molecule has 0 aliphatic heterocycles. The van der Waals surface area contributed by atoms with E-state index in [0.717, 1.165) is 5.56 Å². The van der Waals surface area contributed by atoms with E-state index in [1.807, 2.05) is 30.3 Å². The summed E-state index contributed by atoms with van der Waals surface area (Å²) in [6.07, 6.45) is 0. The van der Waals surface area contributed by atoms with Crippen molar-refractivity contribution in [2.45, 2.75) is 6.92 Å². The Morgan fingerprint density at radius 1 is 1.09 bits per heavy atom. The molecule has 0 saturated carbocycles. The Hall–Kier alpha value is -2.59. The van der Waals surface area contributed by atoms with Crippen LogP contribution in [-0.2, 0) is 4.74 Å². The lowest BCUT2D eigenvalue weighted by molar-refractivity contribution is 0.0527. The van der Waals surface area contributed by atoms with Gasteiger partial charge in [-0.05, 0) is 31.2 Å². The second kappa shape index (κ2) is 6.67. The van der Waals surface area contributed by atoms with E-state index in [2.05, 4.69) is 5.16 Å². The van der Waals surface area contributed by atoms with Crippen molar-refractivity contribution in [1.82, 2.24) is 5.16 Å². The first-order chi connectivity index (χ1) is 11.2. The van der Waals surface area contributed by atoms with Crippen LogP contribution >= 0.6 is 11.6 Å². The third-order valence-electron chi connectivity index (χ3n) is 3.33. The van der Waals surface area contributed by atoms with Crippen LogP contribution in [0.1, 0.15) is 17.3 Å². The van der Waals surface area contributed by atoms with Crippen molar-refractivity contribution in [2.75, 3.05) is 6.61 Å². The van der Waals surface area contributed by atoms with Crippen LogP contribution in [0.25, 0.3) is 22.6 Å². The van der Waals surface area contributed by atoms with E-state index in [0.29, 0.717) is 27.6 Å². The quantitative estimate of drug-likeness (QED) is 0.643. The molecule has 0 saturated heterocycles. The van der Waals surface area contributed by atoms with E-state index in [1.54, 1.807) is 31.2 Å². The van der Waals surface area contributed by atoms with Gasteiger partial charge in [-0.25, -0.2) is 4.79 Å². The molecule has 0 aliphatic carbocycles. The monoisotopic (exact) mass is 327 g/mol. The second-order valence-corrected chi connectivity index (χ2v) is 5.27. The Morgan fingerprint density at radius 3 is 2.43 bits per heavy atom. The smallest absolute Gasteiger partial charge is 0.344 e. The average molecular weight is 328 g/mol. The predicted octanol–water partition coefficient (Wildman–Crippen LogP) is 4.84. The Balaban J connectivity index is 2.15. The van der Waals surface area contributed by atoms with Crippen LogP contribution in [-0.4, -0.2) is 17.7 Å². The van der Waals surface area contributed by atoms with Crippen LogP contribution in [0.4, 0.5) is 0 Å². The number of esters is 1. The van der Waals surface area contributed by atoms with Gasteiger partial charge in [0.15, 0.2) is 5.76 Å². The molecule has 23 heavy (non-hydrogen) atoms. The van der Waals surface area contributed by atoms with Gasteiger partial charge in [0.25, 0.3) is 0 Å². The predicted molar refractivity (Wildman–Crippen MR) is 88.3 cm³/mol. The molecule has 1 aromatic heterocycles. The summed E-state index contributed by atoms with van der Waals surface area (Å²) in [5, 5.41) is 4.69. The number of benzene rings is 2. The number of aromatic nitrogens is 1. The van der Waals surface area contributed by atoms with Crippen LogP contribution in [0.15, 0.2) is 59.1 Å². The summed E-state index contributed by atoms with van der Waals surface area (Å²) < 4.78 is 10.6. The fraction of sp³-hybridized carbons (Fsp3) is 0.111. The number of carbonyl (C=O) groups excluding carboxylic acids is 1. The highest BCUT2D eigenvalue weighted by atomic mass is 35.5. The molecule has 0 atom stereocenters. The van der Waals surface area contributed by atoms with E-state index >= 15 is 0 Å². The summed E-state index contributed by atoms with van der Waals surface area (Å²) in [5.41, 5.74) is 2.29. The van der Waals surface area contributed by atoms with Crippen LogP contribution in [0.5, 0.6) is 0 Å².